The summed E-state index contributed by atoms with van der Waals surface area (Å²) in [6, 6.07) is 30.3. The number of carboxylic acid groups (broad SMARTS) is 1. The minimum absolute atomic E-state index is 0.0931. The van der Waals surface area contributed by atoms with Crippen LogP contribution >= 0.6 is 0 Å². The summed E-state index contributed by atoms with van der Waals surface area (Å²) in [5.74, 6) is 0.0190. The zero-order chi connectivity index (χ0) is 26.6. The van der Waals surface area contributed by atoms with Crippen LogP contribution in [0.15, 0.2) is 99.6 Å². The number of carbonyl (C=O) groups excluding carboxylic acids is 1. The van der Waals surface area contributed by atoms with Crippen molar-refractivity contribution < 1.29 is 14.6 Å². The highest BCUT2D eigenvalue weighted by Crippen LogP contribution is 2.31. The highest BCUT2D eigenvalue weighted by Gasteiger charge is 2.28. The number of hydrogen-bond acceptors (Lipinski definition) is 3. The van der Waals surface area contributed by atoms with Gasteiger partial charge in [0.1, 0.15) is 5.75 Å². The van der Waals surface area contributed by atoms with Crippen molar-refractivity contribution in [1.82, 2.24) is 0 Å². The minimum Gasteiger partial charge on any atom is -0.550 e. The molecule has 0 spiro atoms. The smallest absolute Gasteiger partial charge is 0.166 e. The number of hydrogen-bond donors (Lipinski definition) is 0. The van der Waals surface area contributed by atoms with Crippen LogP contribution in [0, 0.1) is 0 Å². The van der Waals surface area contributed by atoms with E-state index in [1.807, 2.05) is 0 Å². The highest BCUT2D eigenvalue weighted by molar-refractivity contribution is 7.97. The predicted molar refractivity (Wildman–Crippen MR) is 154 cm³/mol. The third-order valence-corrected chi connectivity index (χ3v) is 8.22. The van der Waals surface area contributed by atoms with Gasteiger partial charge in [0.2, 0.25) is 0 Å². The van der Waals surface area contributed by atoms with E-state index in [2.05, 4.69) is 91.9 Å². The van der Waals surface area contributed by atoms with Crippen molar-refractivity contribution >= 4 is 16.9 Å². The lowest BCUT2D eigenvalue weighted by atomic mass is 10.1. The van der Waals surface area contributed by atoms with Gasteiger partial charge in [0.05, 0.1) is 17.5 Å². The molecule has 0 N–H and O–H groups in total. The van der Waals surface area contributed by atoms with Crippen LogP contribution in [0.1, 0.15) is 84.5 Å². The Morgan fingerprint density at radius 2 is 1.08 bits per heavy atom. The molecular weight excluding hydrogens is 476 g/mol. The molecule has 0 amide bonds. The summed E-state index contributed by atoms with van der Waals surface area (Å²) in [6.07, 6.45) is 12.9. The average molecular weight is 521 g/mol. The Labute approximate surface area is 227 Å². The number of rotatable bonds is 16. The number of carboxylic acids is 1. The Morgan fingerprint density at radius 3 is 1.51 bits per heavy atom. The zero-order valence-electron chi connectivity index (χ0n) is 22.7. The van der Waals surface area contributed by atoms with Gasteiger partial charge in [-0.05, 0) is 61.4 Å². The number of carbonyl (C=O) groups is 1. The molecule has 0 atom stereocenters. The van der Waals surface area contributed by atoms with E-state index in [9.17, 15) is 9.90 Å². The molecule has 3 rings (SSSR count). The van der Waals surface area contributed by atoms with E-state index in [-0.39, 0.29) is 17.3 Å². The summed E-state index contributed by atoms with van der Waals surface area (Å²) >= 11 is 0. The molecule has 0 saturated heterocycles. The Balaban J connectivity index is 0.000000717. The molecule has 0 saturated carbocycles. The van der Waals surface area contributed by atoms with E-state index in [1.165, 1.54) is 66.1 Å². The molecule has 3 nitrogen and oxygen atoms in total. The molecule has 0 unspecified atom stereocenters. The van der Waals surface area contributed by atoms with Crippen molar-refractivity contribution in [3.8, 4) is 5.75 Å². The first-order valence-electron chi connectivity index (χ1n) is 13.9. The molecule has 4 heteroatoms. The van der Waals surface area contributed by atoms with Crippen LogP contribution in [0.3, 0.4) is 0 Å². The summed E-state index contributed by atoms with van der Waals surface area (Å²) < 4.78 is 6.01. The van der Waals surface area contributed by atoms with Crippen LogP contribution in [-0.4, -0.2) is 12.6 Å². The standard InChI is InChI=1S/C29H37OS.C4H8O2/c1-2-3-4-5-6-7-8-9-16-25-30-26-21-23-29(24-22-26)31(27-17-12-10-13-18-27)28-19-14-11-15-20-28;1-2-3-4(5)6/h10-15,17-24H,2-9,16,25H2,1H3;2-3H2,1H3,(H,5,6)/q+1;/p-1. The van der Waals surface area contributed by atoms with Gasteiger partial charge >= 0.3 is 0 Å². The van der Waals surface area contributed by atoms with Gasteiger partial charge in [-0.3, -0.25) is 0 Å². The molecule has 0 aliphatic carbocycles. The first kappa shape index (κ1) is 30.5. The monoisotopic (exact) mass is 520 g/mol. The summed E-state index contributed by atoms with van der Waals surface area (Å²) in [4.78, 5) is 13.5. The van der Waals surface area contributed by atoms with E-state index in [4.69, 9.17) is 4.74 Å². The van der Waals surface area contributed by atoms with Gasteiger partial charge in [0.25, 0.3) is 0 Å². The SMILES string of the molecule is CCCC(=O)[O-].CCCCCCCCCCCOc1ccc([S+](c2ccccc2)c2ccccc2)cc1. The van der Waals surface area contributed by atoms with Crippen LogP contribution in [0.2, 0.25) is 0 Å². The van der Waals surface area contributed by atoms with Gasteiger partial charge in [0, 0.05) is 5.97 Å². The van der Waals surface area contributed by atoms with Crippen LogP contribution in [0.5, 0.6) is 5.75 Å². The van der Waals surface area contributed by atoms with Gasteiger partial charge in [-0.1, -0.05) is 108 Å². The number of unbranched alkanes of at least 4 members (excludes halogenated alkanes) is 8. The highest BCUT2D eigenvalue weighted by atomic mass is 32.2. The fraction of sp³-hybridized carbons (Fsp3) is 0.424. The molecule has 200 valence electrons. The Bertz CT molecular complexity index is 918. The fourth-order valence-electron chi connectivity index (χ4n) is 4.00. The maximum absolute atomic E-state index is 9.49. The largest absolute Gasteiger partial charge is 0.550 e. The maximum Gasteiger partial charge on any atom is 0.166 e. The second-order valence-corrected chi connectivity index (χ2v) is 11.2. The maximum atomic E-state index is 9.49. The topological polar surface area (TPSA) is 49.4 Å². The first-order chi connectivity index (χ1) is 18.2. The Morgan fingerprint density at radius 1 is 0.622 bits per heavy atom. The molecule has 0 aromatic heterocycles. The molecule has 0 bridgehead atoms. The summed E-state index contributed by atoms with van der Waals surface area (Å²) in [5, 5.41) is 9.49. The van der Waals surface area contributed by atoms with E-state index < -0.39 is 5.97 Å². The lowest BCUT2D eigenvalue weighted by Crippen LogP contribution is -2.20. The Kier molecular flexibility index (Phi) is 16.0. The first-order valence-corrected chi connectivity index (χ1v) is 15.1. The number of ether oxygens (including phenoxy) is 1. The molecule has 3 aromatic carbocycles. The van der Waals surface area contributed by atoms with Crippen molar-refractivity contribution in [3.63, 3.8) is 0 Å². The lowest BCUT2D eigenvalue weighted by Gasteiger charge is -2.09. The molecule has 0 fully saturated rings. The normalized spacial score (nSPS) is 10.6. The molecule has 37 heavy (non-hydrogen) atoms. The summed E-state index contributed by atoms with van der Waals surface area (Å²) in [7, 11) is -0.0931. The summed E-state index contributed by atoms with van der Waals surface area (Å²) in [5.41, 5.74) is 0. The van der Waals surface area contributed by atoms with E-state index >= 15 is 0 Å². The second-order valence-electron chi connectivity index (χ2n) is 9.20. The Hall–Kier alpha value is -2.72. The van der Waals surface area contributed by atoms with Gasteiger partial charge in [0.15, 0.2) is 14.7 Å². The van der Waals surface area contributed by atoms with Gasteiger partial charge in [-0.25, -0.2) is 0 Å². The lowest BCUT2D eigenvalue weighted by molar-refractivity contribution is -0.305. The quantitative estimate of drug-likeness (QED) is 0.141. The van der Waals surface area contributed by atoms with Gasteiger partial charge in [-0.15, -0.1) is 0 Å². The molecule has 0 heterocycles. The predicted octanol–water partition coefficient (Wildman–Crippen LogP) is 8.23. The van der Waals surface area contributed by atoms with Crippen LogP contribution < -0.4 is 9.84 Å². The van der Waals surface area contributed by atoms with Gasteiger partial charge < -0.3 is 14.6 Å². The third kappa shape index (κ3) is 12.9. The van der Waals surface area contributed by atoms with Crippen LogP contribution in [-0.2, 0) is 15.7 Å². The molecule has 0 aliphatic rings. The summed E-state index contributed by atoms with van der Waals surface area (Å²) in [6.45, 7) is 4.90. The van der Waals surface area contributed by atoms with Crippen molar-refractivity contribution in [2.75, 3.05) is 6.61 Å². The molecule has 0 radical (unpaired) electrons. The molecular formula is C33H44O3S. The van der Waals surface area contributed by atoms with E-state index in [0.29, 0.717) is 6.42 Å². The van der Waals surface area contributed by atoms with Gasteiger partial charge in [-0.2, -0.15) is 0 Å². The zero-order valence-corrected chi connectivity index (χ0v) is 23.5. The van der Waals surface area contributed by atoms with Crippen LogP contribution in [0.25, 0.3) is 0 Å². The minimum atomic E-state index is -0.961. The van der Waals surface area contributed by atoms with E-state index in [1.54, 1.807) is 6.92 Å². The second kappa shape index (κ2) is 19.4. The average Bonchev–Trinajstić information content (AvgIpc) is 2.92. The van der Waals surface area contributed by atoms with Crippen molar-refractivity contribution in [3.05, 3.63) is 84.9 Å². The van der Waals surface area contributed by atoms with E-state index in [0.717, 1.165) is 18.8 Å². The van der Waals surface area contributed by atoms with Crippen molar-refractivity contribution in [1.29, 1.82) is 0 Å². The third-order valence-electron chi connectivity index (χ3n) is 5.99. The number of aliphatic carboxylic acids is 1. The van der Waals surface area contributed by atoms with Crippen molar-refractivity contribution in [2.24, 2.45) is 0 Å². The number of benzene rings is 3. The fourth-order valence-corrected chi connectivity index (χ4v) is 6.08. The van der Waals surface area contributed by atoms with Crippen molar-refractivity contribution in [2.45, 2.75) is 99.2 Å². The molecule has 0 aliphatic heterocycles. The molecule has 3 aromatic rings. The van der Waals surface area contributed by atoms with Crippen LogP contribution in [0.4, 0.5) is 0 Å².